The van der Waals surface area contributed by atoms with Gasteiger partial charge in [0, 0.05) is 11.7 Å². The van der Waals surface area contributed by atoms with Crippen molar-refractivity contribution in [2.45, 2.75) is 39.7 Å². The predicted molar refractivity (Wildman–Crippen MR) is 114 cm³/mol. The number of aryl methyl sites for hydroxylation is 2. The number of amides is 2. The molecule has 0 unspecified atom stereocenters. The standard InChI is InChI=1S/C23H31N3O2/c1-17-9-8-12-21(19(17)3)25-23(28)16-26(4)15-22(27)24-18(2)13-14-20-10-6-5-7-11-20/h5-12,18H,13-16H2,1-4H3,(H,24,27)(H,25,28)/t18-/m1/s1. The highest BCUT2D eigenvalue weighted by molar-refractivity contribution is 5.93. The molecular weight excluding hydrogens is 350 g/mol. The van der Waals surface area contributed by atoms with Gasteiger partial charge in [0.1, 0.15) is 0 Å². The first-order valence-electron chi connectivity index (χ1n) is 9.73. The quantitative estimate of drug-likeness (QED) is 0.701. The van der Waals surface area contributed by atoms with E-state index >= 15 is 0 Å². The van der Waals surface area contributed by atoms with Gasteiger partial charge < -0.3 is 10.6 Å². The van der Waals surface area contributed by atoms with Crippen LogP contribution in [0.2, 0.25) is 0 Å². The van der Waals surface area contributed by atoms with Gasteiger partial charge in [0.25, 0.3) is 0 Å². The number of nitrogens with zero attached hydrogens (tertiary/aromatic N) is 1. The highest BCUT2D eigenvalue weighted by Gasteiger charge is 2.13. The van der Waals surface area contributed by atoms with E-state index in [9.17, 15) is 9.59 Å². The van der Waals surface area contributed by atoms with E-state index in [4.69, 9.17) is 0 Å². The average Bonchev–Trinajstić information content (AvgIpc) is 2.64. The summed E-state index contributed by atoms with van der Waals surface area (Å²) in [6.45, 7) is 6.36. The van der Waals surface area contributed by atoms with Gasteiger partial charge in [0.2, 0.25) is 11.8 Å². The largest absolute Gasteiger partial charge is 0.353 e. The van der Waals surface area contributed by atoms with E-state index in [1.165, 1.54) is 5.56 Å². The molecule has 2 aromatic rings. The predicted octanol–water partition coefficient (Wildman–Crippen LogP) is 3.31. The van der Waals surface area contributed by atoms with Gasteiger partial charge in [0.05, 0.1) is 13.1 Å². The van der Waals surface area contributed by atoms with Gasteiger partial charge in [-0.25, -0.2) is 0 Å². The Morgan fingerprint density at radius 3 is 2.36 bits per heavy atom. The number of carbonyl (C=O) groups excluding carboxylic acids is 2. The molecule has 5 heteroatoms. The molecule has 1 atom stereocenters. The fourth-order valence-corrected chi connectivity index (χ4v) is 3.04. The van der Waals surface area contributed by atoms with Gasteiger partial charge in [-0.1, -0.05) is 42.5 Å². The maximum Gasteiger partial charge on any atom is 0.238 e. The van der Waals surface area contributed by atoms with E-state index in [0.717, 1.165) is 29.7 Å². The Bertz CT molecular complexity index is 790. The van der Waals surface area contributed by atoms with Gasteiger partial charge in [0.15, 0.2) is 0 Å². The van der Waals surface area contributed by atoms with E-state index in [1.807, 2.05) is 57.2 Å². The summed E-state index contributed by atoms with van der Waals surface area (Å²) in [6.07, 6.45) is 1.81. The lowest BCUT2D eigenvalue weighted by atomic mass is 10.1. The Morgan fingerprint density at radius 1 is 0.964 bits per heavy atom. The molecule has 0 aromatic heterocycles. The van der Waals surface area contributed by atoms with Crippen LogP contribution in [0.15, 0.2) is 48.5 Å². The number of hydrogen-bond donors (Lipinski definition) is 2. The molecule has 0 aliphatic carbocycles. The topological polar surface area (TPSA) is 61.4 Å². The lowest BCUT2D eigenvalue weighted by molar-refractivity contribution is -0.123. The number of anilines is 1. The van der Waals surface area contributed by atoms with Crippen LogP contribution in [0.3, 0.4) is 0 Å². The highest BCUT2D eigenvalue weighted by atomic mass is 16.2. The van der Waals surface area contributed by atoms with Gasteiger partial charge in [-0.3, -0.25) is 14.5 Å². The van der Waals surface area contributed by atoms with Crippen molar-refractivity contribution in [1.82, 2.24) is 10.2 Å². The number of hydrogen-bond acceptors (Lipinski definition) is 3. The maximum atomic E-state index is 12.3. The molecule has 0 radical (unpaired) electrons. The molecule has 0 bridgehead atoms. The fourth-order valence-electron chi connectivity index (χ4n) is 3.04. The zero-order chi connectivity index (χ0) is 20.5. The zero-order valence-electron chi connectivity index (χ0n) is 17.3. The monoisotopic (exact) mass is 381 g/mol. The number of nitrogens with one attached hydrogen (secondary N) is 2. The molecule has 0 heterocycles. The molecule has 28 heavy (non-hydrogen) atoms. The Kier molecular flexibility index (Phi) is 8.20. The van der Waals surface area contributed by atoms with Gasteiger partial charge in [-0.2, -0.15) is 0 Å². The molecular formula is C23H31N3O2. The fraction of sp³-hybridized carbons (Fsp3) is 0.391. The second kappa shape index (κ2) is 10.6. The van der Waals surface area contributed by atoms with E-state index < -0.39 is 0 Å². The number of benzene rings is 2. The van der Waals surface area contributed by atoms with Gasteiger partial charge >= 0.3 is 0 Å². The van der Waals surface area contributed by atoms with Crippen LogP contribution in [0, 0.1) is 13.8 Å². The third kappa shape index (κ3) is 7.16. The molecule has 150 valence electrons. The molecule has 0 fully saturated rings. The Morgan fingerprint density at radius 2 is 1.64 bits per heavy atom. The molecule has 0 saturated carbocycles. The van der Waals surface area contributed by atoms with Crippen molar-refractivity contribution in [3.8, 4) is 0 Å². The summed E-state index contributed by atoms with van der Waals surface area (Å²) < 4.78 is 0. The van der Waals surface area contributed by atoms with Crippen LogP contribution in [0.1, 0.15) is 30.0 Å². The van der Waals surface area contributed by atoms with Crippen molar-refractivity contribution in [3.05, 3.63) is 65.2 Å². The molecule has 5 nitrogen and oxygen atoms in total. The minimum atomic E-state index is -0.124. The highest BCUT2D eigenvalue weighted by Crippen LogP contribution is 2.17. The first-order valence-corrected chi connectivity index (χ1v) is 9.73. The summed E-state index contributed by atoms with van der Waals surface area (Å²) in [7, 11) is 1.77. The first kappa shape index (κ1) is 21.6. The average molecular weight is 382 g/mol. The third-order valence-corrected chi connectivity index (χ3v) is 4.82. The molecule has 0 aliphatic heterocycles. The first-order chi connectivity index (χ1) is 13.3. The third-order valence-electron chi connectivity index (χ3n) is 4.82. The van der Waals surface area contributed by atoms with Crippen LogP contribution >= 0.6 is 0 Å². The van der Waals surface area contributed by atoms with E-state index in [-0.39, 0.29) is 30.9 Å². The summed E-state index contributed by atoms with van der Waals surface area (Å²) in [5.41, 5.74) is 4.28. The van der Waals surface area contributed by atoms with Crippen molar-refractivity contribution < 1.29 is 9.59 Å². The molecule has 0 spiro atoms. The van der Waals surface area contributed by atoms with Crippen LogP contribution in [-0.2, 0) is 16.0 Å². The molecule has 2 amide bonds. The lowest BCUT2D eigenvalue weighted by Crippen LogP contribution is -2.42. The minimum absolute atomic E-state index is 0.0670. The molecule has 0 saturated heterocycles. The second-order valence-electron chi connectivity index (χ2n) is 7.46. The molecule has 2 rings (SSSR count). The van der Waals surface area contributed by atoms with Crippen molar-refractivity contribution in [3.63, 3.8) is 0 Å². The number of rotatable bonds is 9. The van der Waals surface area contributed by atoms with Crippen LogP contribution in [0.5, 0.6) is 0 Å². The second-order valence-corrected chi connectivity index (χ2v) is 7.46. The number of carbonyl (C=O) groups is 2. The van der Waals surface area contributed by atoms with Gasteiger partial charge in [-0.15, -0.1) is 0 Å². The summed E-state index contributed by atoms with van der Waals surface area (Å²) in [5, 5.41) is 5.93. The van der Waals surface area contributed by atoms with Crippen molar-refractivity contribution in [2.75, 3.05) is 25.5 Å². The van der Waals surface area contributed by atoms with E-state index in [2.05, 4.69) is 22.8 Å². The molecule has 0 aliphatic rings. The van der Waals surface area contributed by atoms with Crippen LogP contribution in [0.25, 0.3) is 0 Å². The van der Waals surface area contributed by atoms with Crippen LogP contribution in [-0.4, -0.2) is 42.9 Å². The summed E-state index contributed by atoms with van der Waals surface area (Å²) >= 11 is 0. The van der Waals surface area contributed by atoms with Crippen LogP contribution in [0.4, 0.5) is 5.69 Å². The van der Waals surface area contributed by atoms with Crippen molar-refractivity contribution in [1.29, 1.82) is 0 Å². The normalized spacial score (nSPS) is 11.9. The van der Waals surface area contributed by atoms with Crippen molar-refractivity contribution in [2.24, 2.45) is 0 Å². The Balaban J connectivity index is 1.72. The Labute approximate surface area is 168 Å². The Hall–Kier alpha value is -2.66. The van der Waals surface area contributed by atoms with Crippen molar-refractivity contribution >= 4 is 17.5 Å². The summed E-state index contributed by atoms with van der Waals surface area (Å²) in [6, 6.07) is 16.2. The summed E-state index contributed by atoms with van der Waals surface area (Å²) in [5.74, 6) is -0.191. The molecule has 2 N–H and O–H groups in total. The van der Waals surface area contributed by atoms with E-state index in [1.54, 1.807) is 11.9 Å². The maximum absolute atomic E-state index is 12.3. The number of likely N-dealkylation sites (N-methyl/N-ethyl adjacent to an activating group) is 1. The van der Waals surface area contributed by atoms with Gasteiger partial charge in [-0.05, 0) is 63.4 Å². The SMILES string of the molecule is Cc1cccc(NC(=O)CN(C)CC(=O)N[C@H](C)CCc2ccccc2)c1C. The van der Waals surface area contributed by atoms with Crippen LogP contribution < -0.4 is 10.6 Å². The zero-order valence-corrected chi connectivity index (χ0v) is 17.3. The molecule has 2 aromatic carbocycles. The van der Waals surface area contributed by atoms with E-state index in [0.29, 0.717) is 0 Å². The summed E-state index contributed by atoms with van der Waals surface area (Å²) in [4.78, 5) is 26.2. The minimum Gasteiger partial charge on any atom is -0.353 e. The lowest BCUT2D eigenvalue weighted by Gasteiger charge is -2.19. The smallest absolute Gasteiger partial charge is 0.238 e.